The Balaban J connectivity index is 0. The standard InChI is InChI=1S/C44H83NO4.ClH/c1-6-8-10-12-14-16-18-20-22-24-26-28-30-32-34-36-42(46)48-39-41(38-40(3)44(4,5)45)49-43(47)37-35-33-31-29-27-25-23-21-19-17-15-13-11-9-7-2;/h20-23,40-41H,6-19,24-39,45H2,1-5H3;1H/b22-20-,23-21-;. The van der Waals surface area contributed by atoms with Crippen LogP contribution in [-0.4, -0.2) is 30.2 Å². The average molecular weight is 727 g/mol. The topological polar surface area (TPSA) is 78.6 Å². The van der Waals surface area contributed by atoms with Gasteiger partial charge in [-0.05, 0) is 90.4 Å². The van der Waals surface area contributed by atoms with Crippen LogP contribution in [0, 0.1) is 5.92 Å². The predicted molar refractivity (Wildman–Crippen MR) is 219 cm³/mol. The van der Waals surface area contributed by atoms with Gasteiger partial charge in [0.05, 0.1) is 0 Å². The number of nitrogens with two attached hydrogens (primary N) is 1. The van der Waals surface area contributed by atoms with Gasteiger partial charge in [0.15, 0.2) is 0 Å². The van der Waals surface area contributed by atoms with E-state index < -0.39 is 11.6 Å². The van der Waals surface area contributed by atoms with Crippen molar-refractivity contribution in [3.63, 3.8) is 0 Å². The van der Waals surface area contributed by atoms with Crippen molar-refractivity contribution in [3.05, 3.63) is 24.3 Å². The van der Waals surface area contributed by atoms with Gasteiger partial charge in [-0.1, -0.05) is 148 Å². The maximum Gasteiger partial charge on any atom is 0.306 e. The molecule has 5 nitrogen and oxygen atoms in total. The molecule has 0 saturated carbocycles. The fraction of sp³-hybridized carbons (Fsp3) is 0.864. The van der Waals surface area contributed by atoms with Gasteiger partial charge < -0.3 is 15.2 Å². The maximum atomic E-state index is 12.7. The highest BCUT2D eigenvalue weighted by Gasteiger charge is 2.27. The largest absolute Gasteiger partial charge is 0.462 e. The highest BCUT2D eigenvalue weighted by Crippen LogP contribution is 2.21. The Hall–Kier alpha value is -1.33. The molecule has 0 bridgehead atoms. The highest BCUT2D eigenvalue weighted by molar-refractivity contribution is 5.85. The lowest BCUT2D eigenvalue weighted by Crippen LogP contribution is -2.42. The Morgan fingerprint density at radius 3 is 1.28 bits per heavy atom. The van der Waals surface area contributed by atoms with Crippen LogP contribution in [0.1, 0.15) is 221 Å². The SMILES string of the molecule is CCCCCCCC/C=C\CCCCCCCC(=O)OCC(CC(C)C(C)(C)N)OC(=O)CCCCCCC/C=C\CCCCCCCC.Cl. The number of hydrogen-bond acceptors (Lipinski definition) is 5. The van der Waals surface area contributed by atoms with E-state index in [-0.39, 0.29) is 36.9 Å². The van der Waals surface area contributed by atoms with E-state index >= 15 is 0 Å². The average Bonchev–Trinajstić information content (AvgIpc) is 3.06. The van der Waals surface area contributed by atoms with Crippen LogP contribution >= 0.6 is 12.4 Å². The minimum absolute atomic E-state index is 0. The Kier molecular flexibility index (Phi) is 38.0. The van der Waals surface area contributed by atoms with Crippen molar-refractivity contribution in [3.8, 4) is 0 Å². The molecule has 296 valence electrons. The van der Waals surface area contributed by atoms with E-state index in [1.54, 1.807) is 0 Å². The lowest BCUT2D eigenvalue weighted by molar-refractivity contribution is -0.160. The van der Waals surface area contributed by atoms with Gasteiger partial charge in [0, 0.05) is 18.4 Å². The molecule has 2 N–H and O–H groups in total. The van der Waals surface area contributed by atoms with Gasteiger partial charge in [-0.3, -0.25) is 9.59 Å². The molecule has 0 spiro atoms. The maximum absolute atomic E-state index is 12.7. The van der Waals surface area contributed by atoms with Crippen LogP contribution in [0.4, 0.5) is 0 Å². The van der Waals surface area contributed by atoms with Gasteiger partial charge >= 0.3 is 11.9 Å². The van der Waals surface area contributed by atoms with Crippen molar-refractivity contribution in [2.45, 2.75) is 232 Å². The normalized spacial score (nSPS) is 13.1. The summed E-state index contributed by atoms with van der Waals surface area (Å²) in [4.78, 5) is 25.2. The summed E-state index contributed by atoms with van der Waals surface area (Å²) in [7, 11) is 0. The number of hydrogen-bond donors (Lipinski definition) is 1. The van der Waals surface area contributed by atoms with Crippen LogP contribution < -0.4 is 5.73 Å². The molecule has 50 heavy (non-hydrogen) atoms. The second-order valence-corrected chi connectivity index (χ2v) is 15.4. The number of unbranched alkanes of at least 4 members (excludes halogenated alkanes) is 22. The van der Waals surface area contributed by atoms with Gasteiger partial charge in [-0.15, -0.1) is 12.4 Å². The van der Waals surface area contributed by atoms with Crippen LogP contribution in [0.5, 0.6) is 0 Å². The molecule has 0 aliphatic carbocycles. The molecule has 0 rings (SSSR count). The summed E-state index contributed by atoms with van der Waals surface area (Å²) in [6.45, 7) is 10.7. The van der Waals surface area contributed by atoms with Crippen LogP contribution in [0.25, 0.3) is 0 Å². The molecule has 0 aromatic rings. The van der Waals surface area contributed by atoms with E-state index in [0.717, 1.165) is 51.4 Å². The first-order valence-corrected chi connectivity index (χ1v) is 21.1. The Labute approximate surface area is 317 Å². The molecule has 0 aromatic heterocycles. The number of carbonyl (C=O) groups is 2. The van der Waals surface area contributed by atoms with Crippen LogP contribution in [0.3, 0.4) is 0 Å². The minimum atomic E-state index is -0.452. The summed E-state index contributed by atoms with van der Waals surface area (Å²) in [5, 5.41) is 0. The first-order chi connectivity index (χ1) is 23.7. The van der Waals surface area contributed by atoms with Gasteiger partial charge in [-0.2, -0.15) is 0 Å². The zero-order chi connectivity index (χ0) is 36.3. The Bertz CT molecular complexity index is 806. The second kappa shape index (κ2) is 37.4. The summed E-state index contributed by atoms with van der Waals surface area (Å²) in [5.74, 6) is -0.275. The smallest absolute Gasteiger partial charge is 0.306 e. The number of carbonyl (C=O) groups excluding carboxylic acids is 2. The van der Waals surface area contributed by atoms with E-state index in [1.165, 1.54) is 116 Å². The molecule has 0 heterocycles. The third-order valence-corrected chi connectivity index (χ3v) is 9.90. The molecular formula is C44H84ClNO4. The van der Waals surface area contributed by atoms with Gasteiger partial charge in [-0.25, -0.2) is 0 Å². The first kappa shape index (κ1) is 50.8. The fourth-order valence-electron chi connectivity index (χ4n) is 6.03. The van der Waals surface area contributed by atoms with Crippen molar-refractivity contribution < 1.29 is 19.1 Å². The third-order valence-electron chi connectivity index (χ3n) is 9.90. The Morgan fingerprint density at radius 1 is 0.560 bits per heavy atom. The number of rotatable bonds is 36. The highest BCUT2D eigenvalue weighted by atomic mass is 35.5. The zero-order valence-corrected chi connectivity index (χ0v) is 34.6. The predicted octanol–water partition coefficient (Wildman–Crippen LogP) is 13.7. The molecule has 0 fully saturated rings. The summed E-state index contributed by atoms with van der Waals surface area (Å²) in [5.41, 5.74) is 5.93. The van der Waals surface area contributed by atoms with E-state index in [4.69, 9.17) is 15.2 Å². The van der Waals surface area contributed by atoms with Crippen molar-refractivity contribution >= 4 is 24.3 Å². The van der Waals surface area contributed by atoms with Crippen molar-refractivity contribution in [2.24, 2.45) is 11.7 Å². The van der Waals surface area contributed by atoms with E-state index in [2.05, 4.69) is 45.1 Å². The minimum Gasteiger partial charge on any atom is -0.462 e. The van der Waals surface area contributed by atoms with Crippen LogP contribution in [0.2, 0.25) is 0 Å². The molecule has 0 aromatic carbocycles. The van der Waals surface area contributed by atoms with Crippen LogP contribution in [0.15, 0.2) is 24.3 Å². The molecule has 2 atom stereocenters. The summed E-state index contributed by atoms with van der Waals surface area (Å²) < 4.78 is 11.4. The number of ether oxygens (including phenoxy) is 2. The molecular weight excluding hydrogens is 642 g/mol. The summed E-state index contributed by atoms with van der Waals surface area (Å²) in [6.07, 6.45) is 42.3. The summed E-state index contributed by atoms with van der Waals surface area (Å²) in [6, 6.07) is 0. The van der Waals surface area contributed by atoms with Crippen molar-refractivity contribution in [1.29, 1.82) is 0 Å². The quantitative estimate of drug-likeness (QED) is 0.0395. The number of halogens is 1. The van der Waals surface area contributed by atoms with Gasteiger partial charge in [0.1, 0.15) is 12.7 Å². The Morgan fingerprint density at radius 2 is 0.900 bits per heavy atom. The molecule has 0 radical (unpaired) electrons. The molecule has 0 aliphatic heterocycles. The molecule has 0 saturated heterocycles. The van der Waals surface area contributed by atoms with Gasteiger partial charge in [0.2, 0.25) is 0 Å². The fourth-order valence-corrected chi connectivity index (χ4v) is 6.03. The van der Waals surface area contributed by atoms with E-state index in [1.807, 2.05) is 13.8 Å². The molecule has 2 unspecified atom stereocenters. The molecule has 0 aliphatic rings. The van der Waals surface area contributed by atoms with Gasteiger partial charge in [0.25, 0.3) is 0 Å². The van der Waals surface area contributed by atoms with E-state index in [9.17, 15) is 9.59 Å². The van der Waals surface area contributed by atoms with Crippen molar-refractivity contribution in [2.75, 3.05) is 6.61 Å². The lowest BCUT2D eigenvalue weighted by atomic mass is 9.86. The summed E-state index contributed by atoms with van der Waals surface area (Å²) >= 11 is 0. The lowest BCUT2D eigenvalue weighted by Gasteiger charge is -2.30. The molecule has 6 heteroatoms. The van der Waals surface area contributed by atoms with E-state index in [0.29, 0.717) is 19.3 Å². The molecule has 0 amide bonds. The monoisotopic (exact) mass is 726 g/mol. The first-order valence-electron chi connectivity index (χ1n) is 21.1. The van der Waals surface area contributed by atoms with Crippen molar-refractivity contribution in [1.82, 2.24) is 0 Å². The van der Waals surface area contributed by atoms with Crippen LogP contribution in [-0.2, 0) is 19.1 Å². The zero-order valence-electron chi connectivity index (χ0n) is 33.8. The second-order valence-electron chi connectivity index (χ2n) is 15.4. The third kappa shape index (κ3) is 36.5. The number of esters is 2. The number of allylic oxidation sites excluding steroid dienone is 4.